The first-order chi connectivity index (χ1) is 3.43. The first kappa shape index (κ1) is 5.05. The van der Waals surface area contributed by atoms with Gasteiger partial charge in [-0.3, -0.25) is 0 Å². The van der Waals surface area contributed by atoms with Crippen molar-refractivity contribution < 1.29 is 0 Å². The highest BCUT2D eigenvalue weighted by atomic mass is 32.2. The highest BCUT2D eigenvalue weighted by Gasteiger charge is 1.88. The monoisotopic (exact) mass is 131 g/mol. The third-order valence-corrected chi connectivity index (χ3v) is 2.10. The number of nitrogens with zero attached hydrogens (tertiary/aromatic N) is 2. The quantitative estimate of drug-likeness (QED) is 0.533. The molecule has 0 aliphatic rings. The summed E-state index contributed by atoms with van der Waals surface area (Å²) in [5.74, 6) is 0. The van der Waals surface area contributed by atoms with E-state index in [1.54, 1.807) is 11.8 Å². The van der Waals surface area contributed by atoms with Gasteiger partial charge in [0.2, 0.25) is 0 Å². The fourth-order valence-corrected chi connectivity index (χ4v) is 0.990. The molecule has 0 bridgehead atoms. The number of aromatic nitrogens is 2. The maximum atomic E-state index is 3.61. The SMILES string of the molecule is CSc1[c]nns1. The van der Waals surface area contributed by atoms with Gasteiger partial charge in [0.1, 0.15) is 10.4 Å². The van der Waals surface area contributed by atoms with Gasteiger partial charge in [-0.05, 0) is 17.8 Å². The van der Waals surface area contributed by atoms with E-state index in [-0.39, 0.29) is 0 Å². The van der Waals surface area contributed by atoms with Gasteiger partial charge < -0.3 is 0 Å². The van der Waals surface area contributed by atoms with E-state index in [0.717, 1.165) is 4.21 Å². The molecule has 0 spiro atoms. The predicted octanol–water partition coefficient (Wildman–Crippen LogP) is 1.06. The molecule has 1 heterocycles. The highest BCUT2D eigenvalue weighted by molar-refractivity contribution is 8.00. The van der Waals surface area contributed by atoms with Crippen LogP contribution in [0.25, 0.3) is 0 Å². The van der Waals surface area contributed by atoms with Crippen LogP contribution < -0.4 is 0 Å². The molecule has 2 nitrogen and oxygen atoms in total. The van der Waals surface area contributed by atoms with Gasteiger partial charge >= 0.3 is 0 Å². The van der Waals surface area contributed by atoms with Gasteiger partial charge in [0.25, 0.3) is 0 Å². The third-order valence-electron chi connectivity index (χ3n) is 0.491. The van der Waals surface area contributed by atoms with Crippen molar-refractivity contribution in [3.8, 4) is 0 Å². The second-order valence-electron chi connectivity index (χ2n) is 0.876. The predicted molar refractivity (Wildman–Crippen MR) is 30.5 cm³/mol. The number of thioether (sulfide) groups is 1. The largest absolute Gasteiger partial charge is 0.142 e. The molecule has 0 fully saturated rings. The number of hydrogen-bond donors (Lipinski definition) is 0. The normalized spacial score (nSPS) is 9.29. The average Bonchev–Trinajstić information content (AvgIpc) is 2.14. The molecule has 1 aromatic heterocycles. The van der Waals surface area contributed by atoms with Crippen molar-refractivity contribution in [1.29, 1.82) is 0 Å². The summed E-state index contributed by atoms with van der Waals surface area (Å²) in [6.07, 6.45) is 4.69. The average molecular weight is 131 g/mol. The lowest BCUT2D eigenvalue weighted by atomic mass is 11.0. The van der Waals surface area contributed by atoms with Crippen molar-refractivity contribution in [3.63, 3.8) is 0 Å². The molecule has 0 amide bonds. The number of rotatable bonds is 1. The smallest absolute Gasteiger partial charge is 0.135 e. The second kappa shape index (κ2) is 2.28. The summed E-state index contributed by atoms with van der Waals surface area (Å²) >= 11 is 2.98. The second-order valence-corrected chi connectivity index (χ2v) is 2.71. The molecule has 0 saturated heterocycles. The van der Waals surface area contributed by atoms with Crippen LogP contribution in [0.15, 0.2) is 4.21 Å². The van der Waals surface area contributed by atoms with Crippen molar-refractivity contribution >= 4 is 23.3 Å². The van der Waals surface area contributed by atoms with Gasteiger partial charge in [0.15, 0.2) is 0 Å². The molecule has 1 radical (unpaired) electrons. The van der Waals surface area contributed by atoms with E-state index in [9.17, 15) is 0 Å². The van der Waals surface area contributed by atoms with Crippen LogP contribution in [-0.4, -0.2) is 15.8 Å². The molecule has 0 aliphatic carbocycles. The lowest BCUT2D eigenvalue weighted by Gasteiger charge is -1.73. The van der Waals surface area contributed by atoms with E-state index >= 15 is 0 Å². The zero-order valence-electron chi connectivity index (χ0n) is 3.71. The molecule has 37 valence electrons. The molecule has 0 unspecified atom stereocenters. The molecular weight excluding hydrogens is 128 g/mol. The lowest BCUT2D eigenvalue weighted by molar-refractivity contribution is 1.13. The van der Waals surface area contributed by atoms with Gasteiger partial charge in [0.05, 0.1) is 0 Å². The maximum absolute atomic E-state index is 3.61. The van der Waals surface area contributed by atoms with Gasteiger partial charge in [-0.2, -0.15) is 0 Å². The Labute approximate surface area is 50.1 Å². The van der Waals surface area contributed by atoms with E-state index in [1.807, 2.05) is 6.26 Å². The minimum absolute atomic E-state index is 1.04. The summed E-state index contributed by atoms with van der Waals surface area (Å²) in [6, 6.07) is 0. The van der Waals surface area contributed by atoms with Gasteiger partial charge in [0, 0.05) is 0 Å². The zero-order chi connectivity index (χ0) is 5.11. The Hall–Kier alpha value is -0.0900. The van der Waals surface area contributed by atoms with Crippen LogP contribution in [-0.2, 0) is 0 Å². The lowest BCUT2D eigenvalue weighted by Crippen LogP contribution is -1.54. The van der Waals surface area contributed by atoms with Gasteiger partial charge in [-0.1, -0.05) is 4.49 Å². The van der Waals surface area contributed by atoms with Crippen LogP contribution in [0.5, 0.6) is 0 Å². The van der Waals surface area contributed by atoms with Crippen LogP contribution in [0.1, 0.15) is 0 Å². The summed E-state index contributed by atoms with van der Waals surface area (Å²) in [6.45, 7) is 0. The highest BCUT2D eigenvalue weighted by Crippen LogP contribution is 2.14. The van der Waals surface area contributed by atoms with E-state index in [1.165, 1.54) is 11.5 Å². The summed E-state index contributed by atoms with van der Waals surface area (Å²) < 4.78 is 4.65. The zero-order valence-corrected chi connectivity index (χ0v) is 5.34. The summed E-state index contributed by atoms with van der Waals surface area (Å²) in [5.41, 5.74) is 0. The molecule has 0 saturated carbocycles. The molecule has 1 rings (SSSR count). The molecule has 0 atom stereocenters. The van der Waals surface area contributed by atoms with Crippen LogP contribution in [0.3, 0.4) is 0 Å². The van der Waals surface area contributed by atoms with Crippen molar-refractivity contribution in [2.24, 2.45) is 0 Å². The van der Waals surface area contributed by atoms with E-state index < -0.39 is 0 Å². The Morgan fingerprint density at radius 3 is 3.00 bits per heavy atom. The Balaban J connectivity index is 2.76. The first-order valence-electron chi connectivity index (χ1n) is 1.67. The minimum Gasteiger partial charge on any atom is -0.135 e. The standard InChI is InChI=1S/C3H3N2S2/c1-6-3-2-4-5-7-3/h1H3. The molecule has 4 heteroatoms. The molecule has 7 heavy (non-hydrogen) atoms. The van der Waals surface area contributed by atoms with Crippen molar-refractivity contribution in [3.05, 3.63) is 6.20 Å². The Bertz CT molecular complexity index is 125. The summed E-state index contributed by atoms with van der Waals surface area (Å²) in [7, 11) is 0. The molecule has 0 N–H and O–H groups in total. The summed E-state index contributed by atoms with van der Waals surface area (Å²) in [5, 5.41) is 3.52. The third kappa shape index (κ3) is 1.14. The first-order valence-corrected chi connectivity index (χ1v) is 3.67. The fraction of sp³-hybridized carbons (Fsp3) is 0.333. The van der Waals surface area contributed by atoms with Crippen LogP contribution in [0.2, 0.25) is 0 Å². The van der Waals surface area contributed by atoms with Gasteiger partial charge in [-0.25, -0.2) is 0 Å². The molecule has 0 aromatic carbocycles. The van der Waals surface area contributed by atoms with Crippen molar-refractivity contribution in [1.82, 2.24) is 9.59 Å². The van der Waals surface area contributed by atoms with Crippen LogP contribution in [0.4, 0.5) is 0 Å². The van der Waals surface area contributed by atoms with Crippen molar-refractivity contribution in [2.75, 3.05) is 6.26 Å². The maximum Gasteiger partial charge on any atom is 0.142 e. The molecule has 0 aliphatic heterocycles. The van der Waals surface area contributed by atoms with Gasteiger partial charge in [-0.15, -0.1) is 16.9 Å². The Morgan fingerprint density at radius 1 is 1.86 bits per heavy atom. The molecular formula is C3H3N2S2. The van der Waals surface area contributed by atoms with E-state index in [0.29, 0.717) is 0 Å². The van der Waals surface area contributed by atoms with Crippen LogP contribution in [0, 0.1) is 6.20 Å². The van der Waals surface area contributed by atoms with Crippen LogP contribution >= 0.6 is 23.3 Å². The Kier molecular flexibility index (Phi) is 1.64. The molecule has 1 aromatic rings. The fourth-order valence-electron chi connectivity index (χ4n) is 0.222. The summed E-state index contributed by atoms with van der Waals surface area (Å²) in [4.78, 5) is 0. The topological polar surface area (TPSA) is 25.8 Å². The number of hydrogen-bond acceptors (Lipinski definition) is 4. The van der Waals surface area contributed by atoms with E-state index in [4.69, 9.17) is 0 Å². The van der Waals surface area contributed by atoms with E-state index in [2.05, 4.69) is 15.8 Å². The minimum atomic E-state index is 1.04. The Morgan fingerprint density at radius 2 is 2.71 bits per heavy atom. The van der Waals surface area contributed by atoms with Crippen molar-refractivity contribution in [2.45, 2.75) is 4.21 Å².